The van der Waals surface area contributed by atoms with Gasteiger partial charge in [0.15, 0.2) is 0 Å². The van der Waals surface area contributed by atoms with E-state index in [-0.39, 0.29) is 16.6 Å². The van der Waals surface area contributed by atoms with Gasteiger partial charge >= 0.3 is 0 Å². The van der Waals surface area contributed by atoms with E-state index < -0.39 is 28.1 Å². The first-order valence-electron chi connectivity index (χ1n) is 11.5. The van der Waals surface area contributed by atoms with Crippen molar-refractivity contribution < 1.29 is 22.7 Å². The number of aryl methyl sites for hydroxylation is 1. The van der Waals surface area contributed by atoms with Gasteiger partial charge in [0.2, 0.25) is 5.91 Å². The Morgan fingerprint density at radius 2 is 1.86 bits per heavy atom. The number of benzene rings is 3. The molecule has 1 aliphatic rings. The van der Waals surface area contributed by atoms with Gasteiger partial charge in [-0.25, -0.2) is 8.42 Å². The summed E-state index contributed by atoms with van der Waals surface area (Å²) in [5.74, 6) is 0.799. The van der Waals surface area contributed by atoms with Crippen LogP contribution in [0.3, 0.4) is 0 Å². The average molecular weight is 529 g/mol. The van der Waals surface area contributed by atoms with Gasteiger partial charge in [-0.05, 0) is 74.9 Å². The number of fused-ring (bicyclic) bond motifs is 1. The van der Waals surface area contributed by atoms with Crippen LogP contribution in [-0.2, 0) is 14.8 Å². The highest BCUT2D eigenvalue weighted by Crippen LogP contribution is 2.40. The van der Waals surface area contributed by atoms with Crippen LogP contribution < -0.4 is 19.1 Å². The summed E-state index contributed by atoms with van der Waals surface area (Å²) < 4.78 is 39.6. The van der Waals surface area contributed by atoms with Gasteiger partial charge in [-0.1, -0.05) is 29.8 Å². The van der Waals surface area contributed by atoms with Crippen LogP contribution in [0.25, 0.3) is 0 Å². The fraction of sp³-hybridized carbons (Fsp3) is 0.296. The normalized spacial score (nSPS) is 16.4. The van der Waals surface area contributed by atoms with Crippen LogP contribution >= 0.6 is 11.6 Å². The van der Waals surface area contributed by atoms with E-state index in [1.54, 1.807) is 30.3 Å². The summed E-state index contributed by atoms with van der Waals surface area (Å²) in [6.07, 6.45) is 0.539. The molecular formula is C27H29ClN2O5S. The number of halogens is 1. The molecule has 1 aliphatic heterocycles. The molecule has 190 valence electrons. The summed E-state index contributed by atoms with van der Waals surface area (Å²) in [5.41, 5.74) is 1.70. The first-order valence-corrected chi connectivity index (χ1v) is 13.3. The van der Waals surface area contributed by atoms with Crippen LogP contribution in [-0.4, -0.2) is 33.6 Å². The van der Waals surface area contributed by atoms with E-state index in [1.807, 2.05) is 39.0 Å². The second-order valence-corrected chi connectivity index (χ2v) is 11.7. The Labute approximate surface area is 217 Å². The third-order valence-electron chi connectivity index (χ3n) is 5.99. The molecule has 0 fully saturated rings. The van der Waals surface area contributed by atoms with E-state index in [0.29, 0.717) is 22.9 Å². The number of amides is 1. The molecule has 0 bridgehead atoms. The van der Waals surface area contributed by atoms with Crippen molar-refractivity contribution in [3.63, 3.8) is 0 Å². The standard InChI is InChI=1S/C27H29ClN2O5S/c1-18-8-13-23-24(16-27(2,3)35-25(23)14-18)29-26(31)17-30(20-7-5-6-19(28)15-20)36(32,33)22-11-9-21(34-4)10-12-22/h5-15,24H,16-17H2,1-4H3,(H,29,31). The molecule has 1 amide bonds. The first-order chi connectivity index (χ1) is 17.0. The molecule has 0 saturated carbocycles. The highest BCUT2D eigenvalue weighted by molar-refractivity contribution is 7.92. The summed E-state index contributed by atoms with van der Waals surface area (Å²) in [4.78, 5) is 13.4. The number of anilines is 1. The fourth-order valence-corrected chi connectivity index (χ4v) is 5.88. The van der Waals surface area contributed by atoms with Crippen LogP contribution in [0.1, 0.15) is 37.4 Å². The Kier molecular flexibility index (Phi) is 7.20. The Hall–Kier alpha value is -3.23. The topological polar surface area (TPSA) is 84.9 Å². The number of methoxy groups -OCH3 is 1. The smallest absolute Gasteiger partial charge is 0.264 e. The van der Waals surface area contributed by atoms with Crippen molar-refractivity contribution in [2.24, 2.45) is 0 Å². The second kappa shape index (κ2) is 10.0. The predicted octanol–water partition coefficient (Wildman–Crippen LogP) is 5.27. The zero-order valence-electron chi connectivity index (χ0n) is 20.6. The van der Waals surface area contributed by atoms with Gasteiger partial charge in [0.05, 0.1) is 23.7 Å². The number of ether oxygens (including phenoxy) is 2. The Morgan fingerprint density at radius 1 is 1.14 bits per heavy atom. The van der Waals surface area contributed by atoms with E-state index in [1.165, 1.54) is 25.3 Å². The zero-order chi connectivity index (χ0) is 26.1. The van der Waals surface area contributed by atoms with Crippen LogP contribution in [0, 0.1) is 6.92 Å². The molecule has 1 heterocycles. The summed E-state index contributed by atoms with van der Waals surface area (Å²) in [6.45, 7) is 5.48. The number of rotatable bonds is 7. The van der Waals surface area contributed by atoms with Gasteiger partial charge in [-0.2, -0.15) is 0 Å². The average Bonchev–Trinajstić information content (AvgIpc) is 2.81. The molecule has 0 radical (unpaired) electrons. The molecular weight excluding hydrogens is 500 g/mol. The van der Waals surface area contributed by atoms with Gasteiger partial charge in [-0.3, -0.25) is 9.10 Å². The van der Waals surface area contributed by atoms with Crippen LogP contribution in [0.5, 0.6) is 11.5 Å². The minimum atomic E-state index is -4.09. The summed E-state index contributed by atoms with van der Waals surface area (Å²) in [5, 5.41) is 3.39. The molecule has 1 N–H and O–H groups in total. The highest BCUT2D eigenvalue weighted by atomic mass is 35.5. The van der Waals surface area contributed by atoms with Crippen molar-refractivity contribution >= 4 is 33.2 Å². The third-order valence-corrected chi connectivity index (χ3v) is 8.02. The van der Waals surface area contributed by atoms with Crippen molar-refractivity contribution in [1.29, 1.82) is 0 Å². The van der Waals surface area contributed by atoms with Gasteiger partial charge in [0.25, 0.3) is 10.0 Å². The molecule has 3 aromatic carbocycles. The zero-order valence-corrected chi connectivity index (χ0v) is 22.2. The molecule has 1 atom stereocenters. The number of nitrogens with zero attached hydrogens (tertiary/aromatic N) is 1. The lowest BCUT2D eigenvalue weighted by Gasteiger charge is -2.38. The first kappa shape index (κ1) is 25.9. The van der Waals surface area contributed by atoms with Gasteiger partial charge in [0.1, 0.15) is 23.6 Å². The maximum Gasteiger partial charge on any atom is 0.264 e. The maximum atomic E-state index is 13.7. The van der Waals surface area contributed by atoms with E-state index in [9.17, 15) is 13.2 Å². The number of hydrogen-bond acceptors (Lipinski definition) is 5. The molecule has 7 nitrogen and oxygen atoms in total. The van der Waals surface area contributed by atoms with Crippen molar-refractivity contribution in [2.45, 2.75) is 43.7 Å². The van der Waals surface area contributed by atoms with Crippen LogP contribution in [0.2, 0.25) is 5.02 Å². The fourth-order valence-electron chi connectivity index (χ4n) is 4.28. The summed E-state index contributed by atoms with van der Waals surface area (Å²) in [7, 11) is -2.58. The lowest BCUT2D eigenvalue weighted by Crippen LogP contribution is -2.45. The largest absolute Gasteiger partial charge is 0.497 e. The van der Waals surface area contributed by atoms with Crippen molar-refractivity contribution in [1.82, 2.24) is 5.32 Å². The van der Waals surface area contributed by atoms with E-state index in [0.717, 1.165) is 15.4 Å². The number of sulfonamides is 1. The highest BCUT2D eigenvalue weighted by Gasteiger charge is 2.35. The molecule has 0 aliphatic carbocycles. The lowest BCUT2D eigenvalue weighted by atomic mass is 9.89. The van der Waals surface area contributed by atoms with E-state index >= 15 is 0 Å². The molecule has 1 unspecified atom stereocenters. The molecule has 0 aromatic heterocycles. The number of carbonyl (C=O) groups is 1. The SMILES string of the molecule is COc1ccc(S(=O)(=O)N(CC(=O)NC2CC(C)(C)Oc3cc(C)ccc32)c2cccc(Cl)c2)cc1. The molecule has 36 heavy (non-hydrogen) atoms. The lowest BCUT2D eigenvalue weighted by molar-refractivity contribution is -0.120. The van der Waals surface area contributed by atoms with Crippen molar-refractivity contribution in [3.8, 4) is 11.5 Å². The number of carbonyl (C=O) groups excluding carboxylic acids is 1. The van der Waals surface area contributed by atoms with E-state index in [2.05, 4.69) is 5.32 Å². The van der Waals surface area contributed by atoms with Gasteiger partial charge in [-0.15, -0.1) is 0 Å². The molecule has 3 aromatic rings. The van der Waals surface area contributed by atoms with Crippen LogP contribution in [0.4, 0.5) is 5.69 Å². The third kappa shape index (κ3) is 5.60. The van der Waals surface area contributed by atoms with Gasteiger partial charge in [0, 0.05) is 17.0 Å². The minimum Gasteiger partial charge on any atom is -0.497 e. The molecule has 4 rings (SSSR count). The maximum absolute atomic E-state index is 13.7. The van der Waals surface area contributed by atoms with Crippen LogP contribution in [0.15, 0.2) is 71.6 Å². The Morgan fingerprint density at radius 3 is 2.53 bits per heavy atom. The van der Waals surface area contributed by atoms with Crippen molar-refractivity contribution in [3.05, 3.63) is 82.9 Å². The molecule has 0 saturated heterocycles. The Balaban J connectivity index is 1.65. The summed E-state index contributed by atoms with van der Waals surface area (Å²) in [6, 6.07) is 18.0. The number of nitrogens with one attached hydrogen (secondary N) is 1. The van der Waals surface area contributed by atoms with Crippen molar-refractivity contribution in [2.75, 3.05) is 18.0 Å². The second-order valence-electron chi connectivity index (χ2n) is 9.39. The van der Waals surface area contributed by atoms with E-state index in [4.69, 9.17) is 21.1 Å². The monoisotopic (exact) mass is 528 g/mol. The number of hydrogen-bond donors (Lipinski definition) is 1. The minimum absolute atomic E-state index is 0.0316. The van der Waals surface area contributed by atoms with Gasteiger partial charge < -0.3 is 14.8 Å². The Bertz CT molecular complexity index is 1370. The predicted molar refractivity (Wildman–Crippen MR) is 140 cm³/mol. The quantitative estimate of drug-likeness (QED) is 0.451. The molecule has 0 spiro atoms. The molecule has 9 heteroatoms. The summed E-state index contributed by atoms with van der Waals surface area (Å²) >= 11 is 6.16.